The van der Waals surface area contributed by atoms with Gasteiger partial charge in [-0.2, -0.15) is 0 Å². The van der Waals surface area contributed by atoms with Gasteiger partial charge in [-0.15, -0.1) is 24.0 Å². The summed E-state index contributed by atoms with van der Waals surface area (Å²) >= 11 is 0. The van der Waals surface area contributed by atoms with Crippen LogP contribution in [-0.2, 0) is 11.3 Å². The second-order valence-electron chi connectivity index (χ2n) is 7.97. The number of nitrogens with one attached hydrogen (secondary N) is 1. The molecule has 2 aliphatic heterocycles. The highest BCUT2D eigenvalue weighted by Gasteiger charge is 2.19. The molecule has 0 amide bonds. The summed E-state index contributed by atoms with van der Waals surface area (Å²) in [7, 11) is 0. The lowest BCUT2D eigenvalue weighted by molar-refractivity contribution is -0.384. The van der Waals surface area contributed by atoms with Crippen molar-refractivity contribution >= 4 is 35.6 Å². The monoisotopic (exact) mass is 531 g/mol. The molecule has 0 unspecified atom stereocenters. The van der Waals surface area contributed by atoms with E-state index in [1.807, 2.05) is 0 Å². The molecule has 2 saturated heterocycles. The maximum absolute atomic E-state index is 10.8. The Bertz CT molecular complexity index is 672. The molecule has 9 heteroatoms. The van der Waals surface area contributed by atoms with Gasteiger partial charge in [0.15, 0.2) is 5.96 Å². The Morgan fingerprint density at radius 1 is 1.20 bits per heavy atom. The Kier molecular flexibility index (Phi) is 10.8. The van der Waals surface area contributed by atoms with Gasteiger partial charge in [0.2, 0.25) is 0 Å². The van der Waals surface area contributed by atoms with E-state index in [9.17, 15) is 10.1 Å². The van der Waals surface area contributed by atoms with Crippen molar-refractivity contribution in [2.45, 2.75) is 32.7 Å². The van der Waals surface area contributed by atoms with Crippen molar-refractivity contribution in [1.29, 1.82) is 0 Å². The van der Waals surface area contributed by atoms with Crippen molar-refractivity contribution in [2.75, 3.05) is 52.5 Å². The van der Waals surface area contributed by atoms with Gasteiger partial charge in [0, 0.05) is 44.9 Å². The zero-order chi connectivity index (χ0) is 20.5. The van der Waals surface area contributed by atoms with Crippen LogP contribution in [-0.4, -0.2) is 73.2 Å². The number of likely N-dealkylation sites (tertiary alicyclic amines) is 1. The van der Waals surface area contributed by atoms with Gasteiger partial charge in [-0.1, -0.05) is 19.1 Å². The van der Waals surface area contributed by atoms with Crippen molar-refractivity contribution in [3.8, 4) is 0 Å². The van der Waals surface area contributed by atoms with Gasteiger partial charge in [0.05, 0.1) is 24.7 Å². The van der Waals surface area contributed by atoms with Crippen LogP contribution in [0.3, 0.4) is 0 Å². The van der Waals surface area contributed by atoms with E-state index in [4.69, 9.17) is 9.73 Å². The lowest BCUT2D eigenvalue weighted by Crippen LogP contribution is -2.46. The van der Waals surface area contributed by atoms with Crippen molar-refractivity contribution in [2.24, 2.45) is 10.9 Å². The van der Waals surface area contributed by atoms with Crippen LogP contribution in [0.5, 0.6) is 0 Å². The second kappa shape index (κ2) is 13.1. The highest BCUT2D eigenvalue weighted by molar-refractivity contribution is 14.0. The topological polar surface area (TPSA) is 83.2 Å². The standard InChI is InChI=1S/C21H33N5O3.HI/c1-18-7-11-25(12-8-18)21(22-9-2-10-24-13-15-29-16-14-24)23-17-19-3-5-20(6-4-19)26(27)28;/h3-6,18H,2,7-17H2,1H3,(H,22,23);1H. The van der Waals surface area contributed by atoms with Crippen LogP contribution in [0, 0.1) is 16.0 Å². The lowest BCUT2D eigenvalue weighted by atomic mass is 9.99. The quantitative estimate of drug-likeness (QED) is 0.146. The summed E-state index contributed by atoms with van der Waals surface area (Å²) in [5.74, 6) is 1.72. The lowest BCUT2D eigenvalue weighted by Gasteiger charge is -2.33. The fraction of sp³-hybridized carbons (Fsp3) is 0.667. The third-order valence-corrected chi connectivity index (χ3v) is 5.68. The molecule has 2 heterocycles. The number of halogens is 1. The first-order valence-corrected chi connectivity index (χ1v) is 10.7. The Morgan fingerprint density at radius 2 is 1.87 bits per heavy atom. The number of rotatable bonds is 7. The molecule has 3 rings (SSSR count). The molecule has 168 valence electrons. The molecular weight excluding hydrogens is 497 g/mol. The third kappa shape index (κ3) is 7.99. The fourth-order valence-corrected chi connectivity index (χ4v) is 3.70. The number of nitro groups is 1. The van der Waals surface area contributed by atoms with Gasteiger partial charge in [-0.25, -0.2) is 4.99 Å². The predicted octanol–water partition coefficient (Wildman–Crippen LogP) is 3.11. The number of benzene rings is 1. The van der Waals surface area contributed by atoms with Crippen molar-refractivity contribution in [3.63, 3.8) is 0 Å². The number of ether oxygens (including phenoxy) is 1. The minimum atomic E-state index is -0.372. The molecule has 2 aliphatic rings. The van der Waals surface area contributed by atoms with E-state index in [0.717, 1.165) is 76.3 Å². The number of nitrogens with zero attached hydrogens (tertiary/aromatic N) is 4. The Labute approximate surface area is 196 Å². The van der Waals surface area contributed by atoms with E-state index >= 15 is 0 Å². The molecule has 0 saturated carbocycles. The van der Waals surface area contributed by atoms with Crippen molar-refractivity contribution in [1.82, 2.24) is 15.1 Å². The number of hydrogen-bond donors (Lipinski definition) is 1. The van der Waals surface area contributed by atoms with Crippen LogP contribution in [0.4, 0.5) is 5.69 Å². The van der Waals surface area contributed by atoms with Gasteiger partial charge >= 0.3 is 0 Å². The third-order valence-electron chi connectivity index (χ3n) is 5.68. The second-order valence-corrected chi connectivity index (χ2v) is 7.97. The van der Waals surface area contributed by atoms with Crippen LogP contribution < -0.4 is 5.32 Å². The van der Waals surface area contributed by atoms with E-state index in [1.54, 1.807) is 24.3 Å². The summed E-state index contributed by atoms with van der Waals surface area (Å²) < 4.78 is 5.41. The molecule has 0 aromatic heterocycles. The van der Waals surface area contributed by atoms with Gasteiger partial charge in [0.1, 0.15) is 0 Å². The Morgan fingerprint density at radius 3 is 2.50 bits per heavy atom. The fourth-order valence-electron chi connectivity index (χ4n) is 3.70. The summed E-state index contributed by atoms with van der Waals surface area (Å²) in [6, 6.07) is 6.66. The molecule has 2 fully saturated rings. The van der Waals surface area contributed by atoms with E-state index in [0.29, 0.717) is 6.54 Å². The number of nitro benzene ring substituents is 1. The van der Waals surface area contributed by atoms with E-state index in [2.05, 4.69) is 22.0 Å². The Balaban J connectivity index is 0.00000320. The molecule has 0 aliphatic carbocycles. The van der Waals surface area contributed by atoms with Crippen molar-refractivity contribution in [3.05, 3.63) is 39.9 Å². The van der Waals surface area contributed by atoms with Crippen LogP contribution in [0.25, 0.3) is 0 Å². The summed E-state index contributed by atoms with van der Waals surface area (Å²) in [6.07, 6.45) is 3.44. The molecule has 1 aromatic rings. The highest BCUT2D eigenvalue weighted by atomic mass is 127. The summed E-state index contributed by atoms with van der Waals surface area (Å²) in [5, 5.41) is 14.4. The van der Waals surface area contributed by atoms with Crippen LogP contribution in [0.2, 0.25) is 0 Å². The molecule has 1 aromatic carbocycles. The average molecular weight is 531 g/mol. The minimum absolute atomic E-state index is 0. The highest BCUT2D eigenvalue weighted by Crippen LogP contribution is 2.17. The summed E-state index contributed by atoms with van der Waals surface area (Å²) in [5.41, 5.74) is 1.10. The number of morpholine rings is 1. The number of hydrogen-bond acceptors (Lipinski definition) is 5. The van der Waals surface area contributed by atoms with Gasteiger partial charge in [-0.05, 0) is 37.3 Å². The molecule has 0 radical (unpaired) electrons. The largest absolute Gasteiger partial charge is 0.379 e. The first-order chi connectivity index (χ1) is 14.1. The van der Waals surface area contributed by atoms with Crippen LogP contribution in [0.1, 0.15) is 31.7 Å². The summed E-state index contributed by atoms with van der Waals surface area (Å²) in [6.45, 7) is 10.6. The summed E-state index contributed by atoms with van der Waals surface area (Å²) in [4.78, 5) is 20.1. The van der Waals surface area contributed by atoms with E-state index < -0.39 is 0 Å². The number of piperidine rings is 1. The van der Waals surface area contributed by atoms with Gasteiger partial charge < -0.3 is 15.0 Å². The minimum Gasteiger partial charge on any atom is -0.379 e. The molecule has 8 nitrogen and oxygen atoms in total. The molecule has 0 atom stereocenters. The molecule has 0 spiro atoms. The van der Waals surface area contributed by atoms with E-state index in [-0.39, 0.29) is 34.6 Å². The molecule has 0 bridgehead atoms. The van der Waals surface area contributed by atoms with Gasteiger partial charge in [0.25, 0.3) is 5.69 Å². The van der Waals surface area contributed by atoms with E-state index in [1.165, 1.54) is 12.8 Å². The van der Waals surface area contributed by atoms with Crippen LogP contribution >= 0.6 is 24.0 Å². The number of aliphatic imine (C=N–C) groups is 1. The first kappa shape index (κ1) is 24.8. The number of guanidine groups is 1. The van der Waals surface area contributed by atoms with Crippen molar-refractivity contribution < 1.29 is 9.66 Å². The number of non-ortho nitro benzene ring substituents is 1. The van der Waals surface area contributed by atoms with Gasteiger partial charge in [-0.3, -0.25) is 15.0 Å². The normalized spacial score (nSPS) is 18.7. The predicted molar refractivity (Wildman–Crippen MR) is 130 cm³/mol. The zero-order valence-corrected chi connectivity index (χ0v) is 20.1. The molecule has 30 heavy (non-hydrogen) atoms. The molecule has 1 N–H and O–H groups in total. The SMILES string of the molecule is CC1CCN(C(=NCc2ccc([N+](=O)[O-])cc2)NCCCN2CCOCC2)CC1.I. The van der Waals surface area contributed by atoms with Crippen LogP contribution in [0.15, 0.2) is 29.3 Å². The first-order valence-electron chi connectivity index (χ1n) is 10.7. The zero-order valence-electron chi connectivity index (χ0n) is 17.8. The Hall–Kier alpha value is -1.46. The smallest absolute Gasteiger partial charge is 0.269 e. The molecular formula is C21H34IN5O3. The maximum Gasteiger partial charge on any atom is 0.269 e. The maximum atomic E-state index is 10.8. The average Bonchev–Trinajstić information content (AvgIpc) is 2.75.